The minimum Gasteiger partial charge on any atom is -0.481 e. The summed E-state index contributed by atoms with van der Waals surface area (Å²) in [7, 11) is 0. The van der Waals surface area contributed by atoms with Crippen LogP contribution in [-0.4, -0.2) is 38.1 Å². The van der Waals surface area contributed by atoms with Gasteiger partial charge in [0.15, 0.2) is 5.65 Å². The molecule has 0 spiro atoms. The van der Waals surface area contributed by atoms with Gasteiger partial charge in [-0.1, -0.05) is 12.1 Å². The number of hydrogen-bond acceptors (Lipinski definition) is 4. The molecule has 0 saturated heterocycles. The lowest BCUT2D eigenvalue weighted by atomic mass is 10.1. The molecule has 25 heavy (non-hydrogen) atoms. The van der Waals surface area contributed by atoms with Crippen LogP contribution in [-0.2, 0) is 16.0 Å². The summed E-state index contributed by atoms with van der Waals surface area (Å²) in [4.78, 5) is 27.0. The van der Waals surface area contributed by atoms with Gasteiger partial charge in [0.05, 0.1) is 11.9 Å². The first-order valence-corrected chi connectivity index (χ1v) is 8.19. The number of carbonyl (C=O) groups excluding carboxylic acids is 1. The van der Waals surface area contributed by atoms with Gasteiger partial charge in [-0.2, -0.15) is 5.10 Å². The highest BCUT2D eigenvalue weighted by Gasteiger charge is 2.14. The molecule has 3 aromatic rings. The van der Waals surface area contributed by atoms with Crippen LogP contribution in [0.1, 0.15) is 29.8 Å². The minimum absolute atomic E-state index is 0.0722. The molecule has 2 aromatic heterocycles. The van der Waals surface area contributed by atoms with Crippen molar-refractivity contribution in [2.24, 2.45) is 0 Å². The Labute approximate surface area is 144 Å². The van der Waals surface area contributed by atoms with Gasteiger partial charge < -0.3 is 10.4 Å². The largest absolute Gasteiger partial charge is 0.481 e. The van der Waals surface area contributed by atoms with Crippen molar-refractivity contribution in [3.05, 3.63) is 41.2 Å². The number of nitrogens with zero attached hydrogens (tertiary/aromatic N) is 3. The molecule has 7 nitrogen and oxygen atoms in total. The molecule has 0 aliphatic rings. The van der Waals surface area contributed by atoms with Gasteiger partial charge in [0.1, 0.15) is 0 Å². The Morgan fingerprint density at radius 1 is 1.20 bits per heavy atom. The normalized spacial score (nSPS) is 11.1. The second-order valence-corrected chi connectivity index (χ2v) is 6.01. The third-order valence-electron chi connectivity index (χ3n) is 4.28. The van der Waals surface area contributed by atoms with E-state index >= 15 is 0 Å². The van der Waals surface area contributed by atoms with Crippen molar-refractivity contribution in [1.82, 2.24) is 19.9 Å². The highest BCUT2D eigenvalue weighted by molar-refractivity contribution is 5.92. The number of rotatable bonds is 6. The van der Waals surface area contributed by atoms with E-state index in [1.165, 1.54) is 0 Å². The van der Waals surface area contributed by atoms with Crippen molar-refractivity contribution >= 4 is 28.4 Å². The molecular weight excluding hydrogens is 320 g/mol. The fourth-order valence-corrected chi connectivity index (χ4v) is 2.97. The smallest absolute Gasteiger partial charge is 0.305 e. The van der Waals surface area contributed by atoms with Gasteiger partial charge in [-0.05, 0) is 38.0 Å². The summed E-state index contributed by atoms with van der Waals surface area (Å²) >= 11 is 0. The number of carboxylic acids is 1. The van der Waals surface area contributed by atoms with Crippen LogP contribution in [0.2, 0.25) is 0 Å². The number of aromatic nitrogens is 3. The highest BCUT2D eigenvalue weighted by Crippen LogP contribution is 2.22. The lowest BCUT2D eigenvalue weighted by molar-refractivity contribution is -0.136. The van der Waals surface area contributed by atoms with Crippen LogP contribution in [0.15, 0.2) is 24.3 Å². The minimum atomic E-state index is -0.924. The zero-order valence-corrected chi connectivity index (χ0v) is 14.2. The van der Waals surface area contributed by atoms with Crippen molar-refractivity contribution in [3.63, 3.8) is 0 Å². The first kappa shape index (κ1) is 16.9. The Balaban J connectivity index is 1.81. The molecule has 0 aliphatic carbocycles. The standard InChI is InChI=1S/C18H20N4O3/c1-11-13(7-8-16(23)19-10-9-17(24)25)12(2)22-18(20-11)14-5-3-4-6-15(14)21-22/h3-6H,7-10H2,1-2H3,(H,19,23)(H,24,25). The fourth-order valence-electron chi connectivity index (χ4n) is 2.97. The number of carbonyl (C=O) groups is 2. The third kappa shape index (κ3) is 3.45. The SMILES string of the molecule is Cc1nc2c3ccccc3nn2c(C)c1CCC(=O)NCCC(=O)O. The molecule has 1 aromatic carbocycles. The van der Waals surface area contributed by atoms with Crippen LogP contribution < -0.4 is 5.32 Å². The van der Waals surface area contributed by atoms with Crippen molar-refractivity contribution in [2.45, 2.75) is 33.1 Å². The van der Waals surface area contributed by atoms with Crippen LogP contribution in [0, 0.1) is 13.8 Å². The van der Waals surface area contributed by atoms with Gasteiger partial charge in [-0.3, -0.25) is 9.59 Å². The molecule has 0 radical (unpaired) electrons. The van der Waals surface area contributed by atoms with E-state index in [-0.39, 0.29) is 25.3 Å². The topological polar surface area (TPSA) is 96.6 Å². The van der Waals surface area contributed by atoms with Crippen LogP contribution in [0.25, 0.3) is 16.6 Å². The summed E-state index contributed by atoms with van der Waals surface area (Å²) in [5, 5.41) is 16.8. The highest BCUT2D eigenvalue weighted by atomic mass is 16.4. The summed E-state index contributed by atoms with van der Waals surface area (Å²) in [6.45, 7) is 4.06. The van der Waals surface area contributed by atoms with E-state index in [0.717, 1.165) is 33.5 Å². The monoisotopic (exact) mass is 340 g/mol. The molecule has 2 heterocycles. The summed E-state index contributed by atoms with van der Waals surface area (Å²) in [5.41, 5.74) is 4.56. The zero-order chi connectivity index (χ0) is 18.0. The van der Waals surface area contributed by atoms with Crippen molar-refractivity contribution in [1.29, 1.82) is 0 Å². The first-order valence-electron chi connectivity index (χ1n) is 8.19. The molecule has 0 fully saturated rings. The van der Waals surface area contributed by atoms with E-state index in [0.29, 0.717) is 6.42 Å². The lowest BCUT2D eigenvalue weighted by Gasteiger charge is -2.11. The summed E-state index contributed by atoms with van der Waals surface area (Å²) < 4.78 is 1.83. The Bertz CT molecular complexity index is 962. The van der Waals surface area contributed by atoms with E-state index in [9.17, 15) is 9.59 Å². The second-order valence-electron chi connectivity index (χ2n) is 6.01. The Morgan fingerprint density at radius 3 is 2.72 bits per heavy atom. The summed E-state index contributed by atoms with van der Waals surface area (Å²) in [5.74, 6) is -1.09. The number of aryl methyl sites for hydroxylation is 2. The quantitative estimate of drug-likeness (QED) is 0.715. The number of fused-ring (bicyclic) bond motifs is 3. The van der Waals surface area contributed by atoms with Gasteiger partial charge in [-0.15, -0.1) is 0 Å². The Morgan fingerprint density at radius 2 is 1.96 bits per heavy atom. The van der Waals surface area contributed by atoms with Crippen molar-refractivity contribution < 1.29 is 14.7 Å². The van der Waals surface area contributed by atoms with Gasteiger partial charge >= 0.3 is 5.97 Å². The molecule has 0 bridgehead atoms. The van der Waals surface area contributed by atoms with E-state index in [4.69, 9.17) is 5.11 Å². The molecule has 0 saturated carbocycles. The van der Waals surface area contributed by atoms with Crippen LogP contribution in [0.4, 0.5) is 0 Å². The molecule has 7 heteroatoms. The van der Waals surface area contributed by atoms with E-state index in [1.54, 1.807) is 0 Å². The summed E-state index contributed by atoms with van der Waals surface area (Å²) in [6, 6.07) is 7.86. The Hall–Kier alpha value is -2.96. The molecular formula is C18H20N4O3. The van der Waals surface area contributed by atoms with Crippen LogP contribution >= 0.6 is 0 Å². The molecule has 0 unspecified atom stereocenters. The number of nitrogens with one attached hydrogen (secondary N) is 1. The average Bonchev–Trinajstić information content (AvgIpc) is 2.93. The maximum atomic E-state index is 11.9. The van der Waals surface area contributed by atoms with Gasteiger partial charge in [-0.25, -0.2) is 9.50 Å². The van der Waals surface area contributed by atoms with Crippen molar-refractivity contribution in [2.75, 3.05) is 6.54 Å². The molecule has 2 N–H and O–H groups in total. The average molecular weight is 340 g/mol. The second kappa shape index (κ2) is 6.88. The van der Waals surface area contributed by atoms with E-state index in [2.05, 4.69) is 15.4 Å². The van der Waals surface area contributed by atoms with E-state index in [1.807, 2.05) is 42.6 Å². The first-order chi connectivity index (χ1) is 12.0. The maximum Gasteiger partial charge on any atom is 0.305 e. The molecule has 130 valence electrons. The van der Waals surface area contributed by atoms with Crippen molar-refractivity contribution in [3.8, 4) is 0 Å². The number of aliphatic carboxylic acids is 1. The number of benzene rings is 1. The van der Waals surface area contributed by atoms with Crippen LogP contribution in [0.5, 0.6) is 0 Å². The third-order valence-corrected chi connectivity index (χ3v) is 4.28. The predicted octanol–water partition coefficient (Wildman–Crippen LogP) is 2.02. The van der Waals surface area contributed by atoms with Gasteiger partial charge in [0.2, 0.25) is 5.91 Å². The predicted molar refractivity (Wildman–Crippen MR) is 93.6 cm³/mol. The van der Waals surface area contributed by atoms with E-state index < -0.39 is 5.97 Å². The van der Waals surface area contributed by atoms with Crippen LogP contribution in [0.3, 0.4) is 0 Å². The zero-order valence-electron chi connectivity index (χ0n) is 14.2. The van der Waals surface area contributed by atoms with Gasteiger partial charge in [0.25, 0.3) is 0 Å². The summed E-state index contributed by atoms with van der Waals surface area (Å²) in [6.07, 6.45) is 0.752. The fraction of sp³-hybridized carbons (Fsp3) is 0.333. The molecule has 3 rings (SSSR count). The molecule has 1 amide bonds. The number of carboxylic acid groups (broad SMARTS) is 1. The maximum absolute atomic E-state index is 11.9. The number of amides is 1. The molecule has 0 aliphatic heterocycles. The number of hydrogen-bond donors (Lipinski definition) is 2. The lowest BCUT2D eigenvalue weighted by Crippen LogP contribution is -2.26. The molecule has 0 atom stereocenters. The Kier molecular flexibility index (Phi) is 4.65. The van der Waals surface area contributed by atoms with Gasteiger partial charge in [0, 0.05) is 29.7 Å².